The Morgan fingerprint density at radius 1 is 1.44 bits per heavy atom. The first-order valence-electron chi connectivity index (χ1n) is 1.96. The van der Waals surface area contributed by atoms with Gasteiger partial charge >= 0.3 is 0 Å². The molecule has 3 nitrogen and oxygen atoms in total. The average Bonchev–Trinajstić information content (AvgIpc) is 1.69. The molecule has 0 heterocycles. The second-order valence-corrected chi connectivity index (χ2v) is 3.35. The van der Waals surface area contributed by atoms with E-state index >= 15 is 0 Å². The van der Waals surface area contributed by atoms with Crippen molar-refractivity contribution in [1.29, 1.82) is 0 Å². The number of hydrogen-bond acceptors (Lipinski definition) is 4. The highest BCUT2D eigenvalue weighted by Crippen LogP contribution is 1.76. The van der Waals surface area contributed by atoms with Gasteiger partial charge in [-0.05, 0) is 14.1 Å². The summed E-state index contributed by atoms with van der Waals surface area (Å²) in [4.78, 5) is 0. The van der Waals surface area contributed by atoms with Crippen LogP contribution < -0.4 is 5.73 Å². The molecular weight excluding hydrogens is 269 g/mol. The zero-order chi connectivity index (χ0) is 6.57. The van der Waals surface area contributed by atoms with E-state index in [1.165, 1.54) is 0 Å². The maximum absolute atomic E-state index is 5.21. The third kappa shape index (κ3) is 5.04. The van der Waals surface area contributed by atoms with Crippen LogP contribution in [0.1, 0.15) is 0 Å². The van der Waals surface area contributed by atoms with Gasteiger partial charge in [-0.25, -0.2) is 0 Å². The van der Waals surface area contributed by atoms with E-state index in [0.717, 1.165) is 0 Å². The van der Waals surface area contributed by atoms with Gasteiger partial charge in [0, 0.05) is 4.32 Å². The Balaban J connectivity index is 0. The highest BCUT2D eigenvalue weighted by molar-refractivity contribution is 14.0. The minimum Gasteiger partial charge on any atom is -0.416 e. The number of rotatable bonds is 0. The number of hydrogen-bond donors (Lipinski definition) is 1. The maximum Gasteiger partial charge on any atom is 0.00268 e. The number of nitrogens with two attached hydrogens (primary N) is 1. The summed E-state index contributed by atoms with van der Waals surface area (Å²) >= 11 is 4.62. The first kappa shape index (κ1) is 12.3. The van der Waals surface area contributed by atoms with Crippen LogP contribution in [0.2, 0.25) is 0 Å². The Morgan fingerprint density at radius 2 is 1.78 bits per heavy atom. The highest BCUT2D eigenvalue weighted by atomic mass is 127. The summed E-state index contributed by atoms with van der Waals surface area (Å²) < 4.78 is 7.96. The van der Waals surface area contributed by atoms with Crippen LogP contribution in [0.5, 0.6) is 0 Å². The molecular formula is C3H9IN3S2-. The van der Waals surface area contributed by atoms with Crippen LogP contribution in [0.4, 0.5) is 0 Å². The van der Waals surface area contributed by atoms with Crippen molar-refractivity contribution in [3.8, 4) is 0 Å². The third-order valence-electron chi connectivity index (χ3n) is 0.526. The lowest BCUT2D eigenvalue weighted by Gasteiger charge is -2.02. The quantitative estimate of drug-likeness (QED) is 0.410. The summed E-state index contributed by atoms with van der Waals surface area (Å²) in [6, 6.07) is 0. The minimum absolute atomic E-state index is 0. The molecule has 6 heteroatoms. The predicted octanol–water partition coefficient (Wildman–Crippen LogP) is 1.09. The highest BCUT2D eigenvalue weighted by Gasteiger charge is 1.63. The molecule has 0 aliphatic carbocycles. The van der Waals surface area contributed by atoms with Gasteiger partial charge < -0.3 is 14.5 Å². The second kappa shape index (κ2) is 6.69. The molecule has 56 valence electrons. The molecule has 0 aliphatic heterocycles. The molecule has 0 bridgehead atoms. The van der Waals surface area contributed by atoms with Crippen molar-refractivity contribution in [3.05, 3.63) is 0 Å². The molecule has 0 aromatic rings. The van der Waals surface area contributed by atoms with Crippen LogP contribution in [-0.4, -0.2) is 18.4 Å². The standard InChI is InChI=1S/C3H8N3S2.HI/c1-5-8(6-2)3(4)7;/h1-2H3,(H2,4,7);1H/q-1;. The molecule has 0 aromatic carbocycles. The predicted molar refractivity (Wildman–Crippen MR) is 56.3 cm³/mol. The summed E-state index contributed by atoms with van der Waals surface area (Å²) in [6.07, 6.45) is 0. The monoisotopic (exact) mass is 278 g/mol. The van der Waals surface area contributed by atoms with E-state index in [2.05, 4.69) is 20.9 Å². The Morgan fingerprint density at radius 3 is 1.78 bits per heavy atom. The van der Waals surface area contributed by atoms with Gasteiger partial charge in [0.25, 0.3) is 0 Å². The van der Waals surface area contributed by atoms with Crippen LogP contribution >= 0.6 is 36.2 Å². The summed E-state index contributed by atoms with van der Waals surface area (Å²) in [5, 5.41) is 0. The van der Waals surface area contributed by atoms with Gasteiger partial charge in [0.1, 0.15) is 0 Å². The summed E-state index contributed by atoms with van der Waals surface area (Å²) in [5.74, 6) is 0. The number of halogens is 1. The van der Waals surface area contributed by atoms with Crippen molar-refractivity contribution in [3.63, 3.8) is 0 Å². The molecule has 0 spiro atoms. The van der Waals surface area contributed by atoms with Crippen molar-refractivity contribution in [1.82, 2.24) is 0 Å². The molecule has 0 saturated heterocycles. The van der Waals surface area contributed by atoms with E-state index in [0.29, 0.717) is 4.32 Å². The largest absolute Gasteiger partial charge is 0.416 e. The van der Waals surface area contributed by atoms with Crippen LogP contribution in [0.25, 0.3) is 0 Å². The molecule has 9 heavy (non-hydrogen) atoms. The molecule has 0 fully saturated rings. The van der Waals surface area contributed by atoms with E-state index in [4.69, 9.17) is 5.73 Å². The number of thiocarbonyl (C=S) groups is 1. The van der Waals surface area contributed by atoms with Gasteiger partial charge in [0.15, 0.2) is 0 Å². The van der Waals surface area contributed by atoms with Gasteiger partial charge in [-0.2, -0.15) is 0 Å². The first-order valence-corrected chi connectivity index (χ1v) is 3.50. The summed E-state index contributed by atoms with van der Waals surface area (Å²) in [6.45, 7) is 0. The lowest BCUT2D eigenvalue weighted by atomic mass is 11.5. The van der Waals surface area contributed by atoms with Gasteiger partial charge in [0.2, 0.25) is 0 Å². The van der Waals surface area contributed by atoms with Gasteiger partial charge in [-0.15, -0.1) is 24.0 Å². The van der Waals surface area contributed by atoms with Crippen LogP contribution in [-0.2, 0) is 10.5 Å². The van der Waals surface area contributed by atoms with Gasteiger partial charge in [0.05, 0.1) is 0 Å². The number of nitrogens with zero attached hydrogens (tertiary/aromatic N) is 2. The lowest BCUT2D eigenvalue weighted by Crippen LogP contribution is -2.08. The molecule has 0 radical (unpaired) electrons. The molecule has 0 unspecified atom stereocenters. The topological polar surface area (TPSA) is 50.7 Å². The van der Waals surface area contributed by atoms with E-state index in [-0.39, 0.29) is 24.0 Å². The fourth-order valence-electron chi connectivity index (χ4n) is 0.262. The second-order valence-electron chi connectivity index (χ2n) is 0.948. The Labute approximate surface area is 79.3 Å². The molecule has 0 atom stereocenters. The van der Waals surface area contributed by atoms with Gasteiger partial charge in [-0.1, -0.05) is 12.2 Å². The normalized spacial score (nSPS) is 12.7. The molecule has 0 aromatic heterocycles. The average molecular weight is 278 g/mol. The van der Waals surface area contributed by atoms with Crippen molar-refractivity contribution < 1.29 is 0 Å². The van der Waals surface area contributed by atoms with Crippen molar-refractivity contribution >= 4 is 51.0 Å². The fourth-order valence-corrected chi connectivity index (χ4v) is 1.23. The molecule has 0 rings (SSSR count). The minimum atomic E-state index is -0.531. The zero-order valence-electron chi connectivity index (χ0n) is 5.20. The van der Waals surface area contributed by atoms with Crippen LogP contribution in [0, 0.1) is 0 Å². The van der Waals surface area contributed by atoms with Crippen molar-refractivity contribution in [2.75, 3.05) is 14.1 Å². The fraction of sp³-hybridized carbons (Fsp3) is 0.667. The lowest BCUT2D eigenvalue weighted by molar-refractivity contribution is 1.47. The smallest absolute Gasteiger partial charge is 0.00268 e. The summed E-state index contributed by atoms with van der Waals surface area (Å²) in [7, 11) is 2.77. The summed E-state index contributed by atoms with van der Waals surface area (Å²) in [5.41, 5.74) is 5.21. The molecule has 2 N–H and O–H groups in total. The van der Waals surface area contributed by atoms with Crippen LogP contribution in [0.3, 0.4) is 0 Å². The Bertz CT molecular complexity index is 160. The Hall–Kier alpha value is 0.570. The van der Waals surface area contributed by atoms with E-state index in [9.17, 15) is 0 Å². The van der Waals surface area contributed by atoms with Gasteiger partial charge in [-0.3, -0.25) is 10.5 Å². The van der Waals surface area contributed by atoms with Crippen LogP contribution in [0.15, 0.2) is 8.73 Å². The van der Waals surface area contributed by atoms with E-state index in [1.807, 2.05) is 0 Å². The Kier molecular flexibility index (Phi) is 9.11. The maximum atomic E-state index is 5.21. The molecule has 0 aliphatic rings. The van der Waals surface area contributed by atoms with Crippen molar-refractivity contribution in [2.24, 2.45) is 14.5 Å². The third-order valence-corrected chi connectivity index (χ3v) is 2.02. The molecule has 0 amide bonds. The zero-order valence-corrected chi connectivity index (χ0v) is 9.16. The SMILES string of the molecule is CN=[S-](=NC)C(N)=S.I. The van der Waals surface area contributed by atoms with Crippen molar-refractivity contribution in [2.45, 2.75) is 0 Å². The van der Waals surface area contributed by atoms with E-state index in [1.54, 1.807) is 14.1 Å². The van der Waals surface area contributed by atoms with E-state index < -0.39 is 10.5 Å². The molecule has 0 saturated carbocycles. The first-order chi connectivity index (χ1) is 3.72.